The first-order valence-corrected chi connectivity index (χ1v) is 9.18. The minimum absolute atomic E-state index is 0.0851. The Bertz CT molecular complexity index is 629. The molecule has 0 unspecified atom stereocenters. The molecule has 120 valence electrons. The Kier molecular flexibility index (Phi) is 5.68. The second-order valence-corrected chi connectivity index (χ2v) is 7.25. The van der Waals surface area contributed by atoms with E-state index in [-0.39, 0.29) is 18.5 Å². The number of nitrogens with zero attached hydrogens (tertiary/aromatic N) is 2. The van der Waals surface area contributed by atoms with Gasteiger partial charge in [0.1, 0.15) is 0 Å². The van der Waals surface area contributed by atoms with Gasteiger partial charge in [0.15, 0.2) is 0 Å². The van der Waals surface area contributed by atoms with Gasteiger partial charge in [0.05, 0.1) is 6.26 Å². The third kappa shape index (κ3) is 5.23. The first-order chi connectivity index (χ1) is 10.5. The summed E-state index contributed by atoms with van der Waals surface area (Å²) in [5.41, 5.74) is 0.908. The van der Waals surface area contributed by atoms with Crippen molar-refractivity contribution in [3.05, 3.63) is 36.2 Å². The van der Waals surface area contributed by atoms with E-state index in [4.69, 9.17) is 0 Å². The highest BCUT2D eigenvalue weighted by atomic mass is 32.2. The number of carbonyl (C=O) groups excluding carboxylic acids is 1. The van der Waals surface area contributed by atoms with E-state index in [0.717, 1.165) is 31.1 Å². The van der Waals surface area contributed by atoms with Crippen molar-refractivity contribution in [3.63, 3.8) is 0 Å². The maximum absolute atomic E-state index is 12.4. The summed E-state index contributed by atoms with van der Waals surface area (Å²) in [6.45, 7) is 0.934. The number of carbonyl (C=O) groups is 1. The van der Waals surface area contributed by atoms with E-state index in [2.05, 4.69) is 9.71 Å². The van der Waals surface area contributed by atoms with Gasteiger partial charge in [-0.25, -0.2) is 13.1 Å². The van der Waals surface area contributed by atoms with Crippen LogP contribution in [0.5, 0.6) is 0 Å². The predicted octanol–water partition coefficient (Wildman–Crippen LogP) is 1.03. The highest BCUT2D eigenvalue weighted by Crippen LogP contribution is 2.17. The number of sulfonamides is 1. The molecule has 22 heavy (non-hydrogen) atoms. The van der Waals surface area contributed by atoms with Gasteiger partial charge in [0, 0.05) is 37.6 Å². The Balaban J connectivity index is 2.00. The highest BCUT2D eigenvalue weighted by Gasteiger charge is 2.25. The second-order valence-electron chi connectivity index (χ2n) is 5.42. The van der Waals surface area contributed by atoms with Gasteiger partial charge in [-0.1, -0.05) is 0 Å². The summed E-state index contributed by atoms with van der Waals surface area (Å²) in [6, 6.07) is 3.56. The fraction of sp³-hybridized carbons (Fsp3) is 0.467. The summed E-state index contributed by atoms with van der Waals surface area (Å²) in [7, 11) is -3.24. The Morgan fingerprint density at radius 1 is 1.41 bits per heavy atom. The predicted molar refractivity (Wildman–Crippen MR) is 85.5 cm³/mol. The van der Waals surface area contributed by atoms with Crippen molar-refractivity contribution in [1.29, 1.82) is 0 Å². The molecule has 0 spiro atoms. The number of hydrogen-bond acceptors (Lipinski definition) is 4. The Morgan fingerprint density at radius 2 is 2.14 bits per heavy atom. The molecule has 0 bridgehead atoms. The van der Waals surface area contributed by atoms with Crippen LogP contribution in [-0.4, -0.2) is 49.6 Å². The van der Waals surface area contributed by atoms with Crippen molar-refractivity contribution >= 4 is 22.0 Å². The number of hydrogen-bond donors (Lipinski definition) is 1. The summed E-state index contributed by atoms with van der Waals surface area (Å²) < 4.78 is 24.9. The average molecular weight is 323 g/mol. The molecule has 0 aromatic carbocycles. The molecule has 1 saturated heterocycles. The van der Waals surface area contributed by atoms with Gasteiger partial charge in [-0.05, 0) is 43.0 Å². The van der Waals surface area contributed by atoms with Crippen LogP contribution in [0.25, 0.3) is 6.08 Å². The van der Waals surface area contributed by atoms with Crippen molar-refractivity contribution in [1.82, 2.24) is 14.6 Å². The van der Waals surface area contributed by atoms with Gasteiger partial charge in [-0.2, -0.15) is 0 Å². The Hall–Kier alpha value is -1.73. The van der Waals surface area contributed by atoms with Gasteiger partial charge in [0.25, 0.3) is 0 Å². The summed E-state index contributed by atoms with van der Waals surface area (Å²) in [5, 5.41) is 0. The minimum Gasteiger partial charge on any atom is -0.335 e. The van der Waals surface area contributed by atoms with Crippen molar-refractivity contribution in [2.24, 2.45) is 0 Å². The van der Waals surface area contributed by atoms with Crippen molar-refractivity contribution in [2.45, 2.75) is 25.3 Å². The third-order valence-electron chi connectivity index (χ3n) is 3.62. The molecule has 0 aliphatic carbocycles. The molecule has 6 nitrogen and oxygen atoms in total. The lowest BCUT2D eigenvalue weighted by molar-refractivity contribution is -0.129. The lowest BCUT2D eigenvalue weighted by Gasteiger charge is -2.35. The zero-order chi connectivity index (χ0) is 16.0. The number of amides is 1. The molecular weight excluding hydrogens is 302 g/mol. The van der Waals surface area contributed by atoms with Crippen LogP contribution in [0.15, 0.2) is 30.6 Å². The SMILES string of the molecule is CS(=O)(=O)NC[C@@H]1CCCCN1C(=O)/C=C\c1ccncc1. The molecule has 1 atom stereocenters. The molecule has 2 heterocycles. The average Bonchev–Trinajstić information content (AvgIpc) is 2.51. The Labute approximate surface area is 131 Å². The van der Waals surface area contributed by atoms with E-state index in [1.807, 2.05) is 12.1 Å². The molecule has 1 amide bonds. The first kappa shape index (κ1) is 16.6. The second kappa shape index (κ2) is 7.51. The van der Waals surface area contributed by atoms with Crippen LogP contribution in [0.3, 0.4) is 0 Å². The maximum atomic E-state index is 12.4. The zero-order valence-corrected chi connectivity index (χ0v) is 13.4. The minimum atomic E-state index is -3.24. The van der Waals surface area contributed by atoms with Crippen LogP contribution in [0.4, 0.5) is 0 Å². The van der Waals surface area contributed by atoms with Gasteiger partial charge in [0.2, 0.25) is 15.9 Å². The van der Waals surface area contributed by atoms with Gasteiger partial charge >= 0.3 is 0 Å². The fourth-order valence-corrected chi connectivity index (χ4v) is 2.98. The summed E-state index contributed by atoms with van der Waals surface area (Å²) in [5.74, 6) is -0.0863. The topological polar surface area (TPSA) is 79.4 Å². The molecule has 1 aromatic rings. The van der Waals surface area contributed by atoms with Crippen LogP contribution in [-0.2, 0) is 14.8 Å². The smallest absolute Gasteiger partial charge is 0.246 e. The van der Waals surface area contributed by atoms with Crippen molar-refractivity contribution in [3.8, 4) is 0 Å². The Morgan fingerprint density at radius 3 is 2.82 bits per heavy atom. The molecule has 1 aliphatic rings. The lowest BCUT2D eigenvalue weighted by atomic mass is 10.0. The number of likely N-dealkylation sites (tertiary alicyclic amines) is 1. The standard InChI is InChI=1S/C15H21N3O3S/c1-22(20,21)17-12-14-4-2-3-11-18(14)15(19)6-5-13-7-9-16-10-8-13/h5-10,14,17H,2-4,11-12H2,1H3/b6-5-/t14-/m0/s1. The van der Waals surface area contributed by atoms with Crippen LogP contribution in [0.1, 0.15) is 24.8 Å². The third-order valence-corrected chi connectivity index (χ3v) is 4.31. The molecule has 2 rings (SSSR count). The van der Waals surface area contributed by atoms with Gasteiger partial charge < -0.3 is 4.90 Å². The number of piperidine rings is 1. The number of pyridine rings is 1. The summed E-state index contributed by atoms with van der Waals surface area (Å²) >= 11 is 0. The van der Waals surface area contributed by atoms with Crippen LogP contribution in [0, 0.1) is 0 Å². The molecular formula is C15H21N3O3S. The largest absolute Gasteiger partial charge is 0.335 e. The maximum Gasteiger partial charge on any atom is 0.246 e. The van der Waals surface area contributed by atoms with Crippen molar-refractivity contribution in [2.75, 3.05) is 19.3 Å². The summed E-state index contributed by atoms with van der Waals surface area (Å²) in [4.78, 5) is 18.0. The van der Waals surface area contributed by atoms with Crippen LogP contribution >= 0.6 is 0 Å². The molecule has 1 aliphatic heterocycles. The number of rotatable bonds is 5. The lowest BCUT2D eigenvalue weighted by Crippen LogP contribution is -2.48. The number of aromatic nitrogens is 1. The molecule has 1 fully saturated rings. The molecule has 7 heteroatoms. The van der Waals surface area contributed by atoms with E-state index < -0.39 is 10.0 Å². The van der Waals surface area contributed by atoms with E-state index in [1.165, 1.54) is 6.08 Å². The van der Waals surface area contributed by atoms with E-state index in [9.17, 15) is 13.2 Å². The molecule has 1 N–H and O–H groups in total. The molecule has 0 radical (unpaired) electrons. The molecule has 0 saturated carbocycles. The summed E-state index contributed by atoms with van der Waals surface area (Å²) in [6.07, 6.45) is 10.5. The zero-order valence-electron chi connectivity index (χ0n) is 12.6. The van der Waals surface area contributed by atoms with E-state index >= 15 is 0 Å². The first-order valence-electron chi connectivity index (χ1n) is 7.29. The van der Waals surface area contributed by atoms with E-state index in [0.29, 0.717) is 6.54 Å². The van der Waals surface area contributed by atoms with Gasteiger partial charge in [-0.3, -0.25) is 9.78 Å². The van der Waals surface area contributed by atoms with E-state index in [1.54, 1.807) is 23.4 Å². The fourth-order valence-electron chi connectivity index (χ4n) is 2.49. The quantitative estimate of drug-likeness (QED) is 0.821. The van der Waals surface area contributed by atoms with Crippen LogP contribution in [0.2, 0.25) is 0 Å². The van der Waals surface area contributed by atoms with Crippen molar-refractivity contribution < 1.29 is 13.2 Å². The van der Waals surface area contributed by atoms with Crippen LogP contribution < -0.4 is 4.72 Å². The monoisotopic (exact) mass is 323 g/mol. The highest BCUT2D eigenvalue weighted by molar-refractivity contribution is 7.88. The molecule has 1 aromatic heterocycles. The van der Waals surface area contributed by atoms with Gasteiger partial charge in [-0.15, -0.1) is 0 Å². The normalized spacial score (nSPS) is 19.5. The number of nitrogens with one attached hydrogen (secondary N) is 1.